The Morgan fingerprint density at radius 2 is 2.10 bits per heavy atom. The molecule has 2 N–H and O–H groups in total. The third-order valence-electron chi connectivity index (χ3n) is 3.46. The maximum Gasteiger partial charge on any atom is 0.304 e. The molecular formula is C15H19NO4. The molecule has 1 fully saturated rings. The average molecular weight is 277 g/mol. The molecule has 1 aliphatic rings. The van der Waals surface area contributed by atoms with Gasteiger partial charge in [0, 0.05) is 12.3 Å². The van der Waals surface area contributed by atoms with Gasteiger partial charge in [-0.2, -0.15) is 0 Å². The topological polar surface area (TPSA) is 75.6 Å². The van der Waals surface area contributed by atoms with Gasteiger partial charge in [-0.05, 0) is 31.9 Å². The summed E-state index contributed by atoms with van der Waals surface area (Å²) in [6.45, 7) is 2.56. The Bertz CT molecular complexity index is 477. The van der Waals surface area contributed by atoms with Gasteiger partial charge in [0.15, 0.2) is 0 Å². The third-order valence-corrected chi connectivity index (χ3v) is 3.46. The maximum absolute atomic E-state index is 12.3. The van der Waals surface area contributed by atoms with Crippen molar-refractivity contribution in [2.24, 2.45) is 5.92 Å². The molecule has 0 radical (unpaired) electrons. The zero-order valence-electron chi connectivity index (χ0n) is 11.5. The second-order valence-corrected chi connectivity index (χ2v) is 5.11. The number of aryl methyl sites for hydroxylation is 1. The van der Waals surface area contributed by atoms with Crippen LogP contribution < -0.4 is 5.32 Å². The van der Waals surface area contributed by atoms with Gasteiger partial charge >= 0.3 is 5.97 Å². The fourth-order valence-corrected chi connectivity index (χ4v) is 2.37. The van der Waals surface area contributed by atoms with Gasteiger partial charge in [-0.15, -0.1) is 0 Å². The van der Waals surface area contributed by atoms with Crippen molar-refractivity contribution in [1.82, 2.24) is 0 Å². The van der Waals surface area contributed by atoms with Gasteiger partial charge in [0.2, 0.25) is 5.91 Å². The Morgan fingerprint density at radius 3 is 2.65 bits per heavy atom. The molecule has 0 spiro atoms. The molecule has 2 atom stereocenters. The van der Waals surface area contributed by atoms with E-state index in [-0.39, 0.29) is 18.4 Å². The van der Waals surface area contributed by atoms with Gasteiger partial charge in [-0.25, -0.2) is 0 Å². The highest BCUT2D eigenvalue weighted by Crippen LogP contribution is 2.24. The van der Waals surface area contributed by atoms with Crippen LogP contribution >= 0.6 is 0 Å². The van der Waals surface area contributed by atoms with Gasteiger partial charge in [0.05, 0.1) is 18.4 Å². The minimum absolute atomic E-state index is 0.206. The average Bonchev–Trinajstić information content (AvgIpc) is 2.92. The van der Waals surface area contributed by atoms with Crippen molar-refractivity contribution in [3.8, 4) is 0 Å². The number of hydrogen-bond donors (Lipinski definition) is 2. The van der Waals surface area contributed by atoms with Crippen molar-refractivity contribution < 1.29 is 19.4 Å². The lowest BCUT2D eigenvalue weighted by atomic mass is 9.95. The van der Waals surface area contributed by atoms with E-state index < -0.39 is 11.9 Å². The highest BCUT2D eigenvalue weighted by molar-refractivity contribution is 5.94. The zero-order chi connectivity index (χ0) is 14.5. The number of carboxylic acid groups (broad SMARTS) is 1. The van der Waals surface area contributed by atoms with E-state index in [1.165, 1.54) is 0 Å². The molecule has 1 aliphatic heterocycles. The van der Waals surface area contributed by atoms with Crippen LogP contribution in [0, 0.1) is 12.8 Å². The minimum Gasteiger partial charge on any atom is -0.481 e. The number of ether oxygens (including phenoxy) is 1. The molecule has 1 aromatic carbocycles. The fourth-order valence-electron chi connectivity index (χ4n) is 2.37. The van der Waals surface area contributed by atoms with Crippen LogP contribution in [0.2, 0.25) is 0 Å². The molecule has 5 heteroatoms. The number of hydrogen-bond acceptors (Lipinski definition) is 3. The summed E-state index contributed by atoms with van der Waals surface area (Å²) in [6, 6.07) is 7.41. The van der Waals surface area contributed by atoms with E-state index in [1.54, 1.807) is 12.1 Å². The highest BCUT2D eigenvalue weighted by atomic mass is 16.5. The first-order chi connectivity index (χ1) is 9.56. The van der Waals surface area contributed by atoms with E-state index in [0.29, 0.717) is 12.3 Å². The Balaban J connectivity index is 2.05. The Kier molecular flexibility index (Phi) is 4.74. The Labute approximate surface area is 117 Å². The number of rotatable bonds is 5. The molecule has 2 rings (SSSR count). The van der Waals surface area contributed by atoms with Crippen molar-refractivity contribution in [1.29, 1.82) is 0 Å². The summed E-state index contributed by atoms with van der Waals surface area (Å²) < 4.78 is 5.47. The zero-order valence-corrected chi connectivity index (χ0v) is 11.5. The smallest absolute Gasteiger partial charge is 0.304 e. The maximum atomic E-state index is 12.3. The summed E-state index contributed by atoms with van der Waals surface area (Å²) in [6.07, 6.45) is 1.11. The molecule has 1 saturated heterocycles. The molecule has 0 aromatic heterocycles. The summed E-state index contributed by atoms with van der Waals surface area (Å²) in [5.41, 5.74) is 1.78. The van der Waals surface area contributed by atoms with E-state index in [0.717, 1.165) is 18.4 Å². The first-order valence-corrected chi connectivity index (χ1v) is 6.77. The molecule has 0 aliphatic carbocycles. The van der Waals surface area contributed by atoms with Crippen LogP contribution in [0.3, 0.4) is 0 Å². The standard InChI is InChI=1S/C15H19NO4/c1-10-4-6-11(7-5-10)16-15(19)12(9-14(17)18)13-3-2-8-20-13/h4-7,12-13H,2-3,8-9H2,1H3,(H,16,19)(H,17,18)/t12-,13+/m1/s1. The predicted molar refractivity (Wildman–Crippen MR) is 74.5 cm³/mol. The number of carbonyl (C=O) groups excluding carboxylic acids is 1. The fraction of sp³-hybridized carbons (Fsp3) is 0.467. The summed E-state index contributed by atoms with van der Waals surface area (Å²) in [7, 11) is 0. The van der Waals surface area contributed by atoms with Crippen molar-refractivity contribution in [3.05, 3.63) is 29.8 Å². The lowest BCUT2D eigenvalue weighted by Gasteiger charge is -2.20. The van der Waals surface area contributed by atoms with Crippen LogP contribution in [-0.4, -0.2) is 29.7 Å². The van der Waals surface area contributed by atoms with Crippen molar-refractivity contribution in [2.45, 2.75) is 32.3 Å². The van der Waals surface area contributed by atoms with Crippen molar-refractivity contribution in [3.63, 3.8) is 0 Å². The van der Waals surface area contributed by atoms with E-state index in [9.17, 15) is 9.59 Å². The lowest BCUT2D eigenvalue weighted by molar-refractivity contribution is -0.142. The number of anilines is 1. The molecule has 0 bridgehead atoms. The van der Waals surface area contributed by atoms with Gasteiger partial charge < -0.3 is 15.2 Å². The summed E-state index contributed by atoms with van der Waals surface area (Å²) in [5, 5.41) is 11.7. The van der Waals surface area contributed by atoms with Crippen LogP contribution in [0.15, 0.2) is 24.3 Å². The molecule has 1 amide bonds. The second-order valence-electron chi connectivity index (χ2n) is 5.11. The van der Waals surface area contributed by atoms with E-state index >= 15 is 0 Å². The second kappa shape index (κ2) is 6.52. The first-order valence-electron chi connectivity index (χ1n) is 6.77. The summed E-state index contributed by atoms with van der Waals surface area (Å²) in [5.74, 6) is -1.91. The number of carbonyl (C=O) groups is 2. The minimum atomic E-state index is -0.982. The van der Waals surface area contributed by atoms with Gasteiger partial charge in [0.1, 0.15) is 0 Å². The van der Waals surface area contributed by atoms with Crippen molar-refractivity contribution in [2.75, 3.05) is 11.9 Å². The molecule has 0 saturated carbocycles. The third kappa shape index (κ3) is 3.81. The van der Waals surface area contributed by atoms with Crippen LogP contribution in [-0.2, 0) is 14.3 Å². The monoisotopic (exact) mass is 277 g/mol. The number of amides is 1. The first kappa shape index (κ1) is 14.5. The number of nitrogens with one attached hydrogen (secondary N) is 1. The Hall–Kier alpha value is -1.88. The van der Waals surface area contributed by atoms with Gasteiger partial charge in [-0.1, -0.05) is 17.7 Å². The van der Waals surface area contributed by atoms with Crippen LogP contribution in [0.1, 0.15) is 24.8 Å². The van der Waals surface area contributed by atoms with Crippen LogP contribution in [0.5, 0.6) is 0 Å². The Morgan fingerprint density at radius 1 is 1.40 bits per heavy atom. The normalized spacial score (nSPS) is 19.6. The largest absolute Gasteiger partial charge is 0.481 e. The van der Waals surface area contributed by atoms with Gasteiger partial charge in [0.25, 0.3) is 0 Å². The van der Waals surface area contributed by atoms with Crippen LogP contribution in [0.4, 0.5) is 5.69 Å². The molecular weight excluding hydrogens is 258 g/mol. The molecule has 5 nitrogen and oxygen atoms in total. The SMILES string of the molecule is Cc1ccc(NC(=O)[C@H](CC(=O)O)[C@@H]2CCCO2)cc1. The van der Waals surface area contributed by atoms with Crippen molar-refractivity contribution >= 4 is 17.6 Å². The molecule has 1 aromatic rings. The molecule has 1 heterocycles. The number of aliphatic carboxylic acids is 1. The van der Waals surface area contributed by atoms with Gasteiger partial charge in [-0.3, -0.25) is 9.59 Å². The number of carboxylic acids is 1. The van der Waals surface area contributed by atoms with Crippen LogP contribution in [0.25, 0.3) is 0 Å². The highest BCUT2D eigenvalue weighted by Gasteiger charge is 2.33. The lowest BCUT2D eigenvalue weighted by Crippen LogP contribution is -2.34. The van der Waals surface area contributed by atoms with E-state index in [1.807, 2.05) is 19.1 Å². The molecule has 20 heavy (non-hydrogen) atoms. The summed E-state index contributed by atoms with van der Waals surface area (Å²) >= 11 is 0. The quantitative estimate of drug-likeness (QED) is 0.865. The van der Waals surface area contributed by atoms with E-state index in [4.69, 9.17) is 9.84 Å². The molecule has 0 unspecified atom stereocenters. The number of benzene rings is 1. The molecule has 108 valence electrons. The van der Waals surface area contributed by atoms with E-state index in [2.05, 4.69) is 5.32 Å². The summed E-state index contributed by atoms with van der Waals surface area (Å²) in [4.78, 5) is 23.2. The predicted octanol–water partition coefficient (Wildman–Crippen LogP) is 2.20.